The van der Waals surface area contributed by atoms with Crippen LogP contribution < -0.4 is 5.32 Å². The molecule has 0 spiro atoms. The van der Waals surface area contributed by atoms with Crippen LogP contribution in [0, 0.1) is 5.92 Å². The SMILES string of the molecule is CCN(CC)Cc1ccccc1CNC(=NC)N1CCC(COCCOC)C1. The monoisotopic (exact) mass is 390 g/mol. The van der Waals surface area contributed by atoms with Crippen molar-refractivity contribution in [3.05, 3.63) is 35.4 Å². The minimum absolute atomic E-state index is 0.561. The minimum atomic E-state index is 0.561. The molecule has 1 unspecified atom stereocenters. The Balaban J connectivity index is 1.86. The normalized spacial score (nSPS) is 17.5. The van der Waals surface area contributed by atoms with Gasteiger partial charge in [-0.15, -0.1) is 0 Å². The standard InChI is InChI=1S/C22H38N4O2/c1-5-25(6-2)17-21-10-8-7-9-20(21)15-24-22(23-3)26-12-11-19(16-26)18-28-14-13-27-4/h7-10,19H,5-6,11-18H2,1-4H3,(H,23,24). The molecule has 28 heavy (non-hydrogen) atoms. The van der Waals surface area contributed by atoms with Gasteiger partial charge in [-0.1, -0.05) is 38.1 Å². The first kappa shape index (κ1) is 22.7. The van der Waals surface area contributed by atoms with E-state index >= 15 is 0 Å². The summed E-state index contributed by atoms with van der Waals surface area (Å²) in [5, 5.41) is 3.57. The smallest absolute Gasteiger partial charge is 0.193 e. The molecule has 1 aromatic carbocycles. The van der Waals surface area contributed by atoms with Crippen LogP contribution in [-0.4, -0.2) is 75.9 Å². The minimum Gasteiger partial charge on any atom is -0.382 e. The summed E-state index contributed by atoms with van der Waals surface area (Å²) < 4.78 is 10.7. The van der Waals surface area contributed by atoms with Crippen molar-refractivity contribution in [3.63, 3.8) is 0 Å². The Labute approximate surface area is 170 Å². The van der Waals surface area contributed by atoms with Gasteiger partial charge in [0.15, 0.2) is 5.96 Å². The van der Waals surface area contributed by atoms with E-state index in [4.69, 9.17) is 9.47 Å². The lowest BCUT2D eigenvalue weighted by Gasteiger charge is -2.23. The fourth-order valence-electron chi connectivity index (χ4n) is 3.63. The van der Waals surface area contributed by atoms with Crippen molar-refractivity contribution in [3.8, 4) is 0 Å². The predicted octanol–water partition coefficient (Wildman–Crippen LogP) is 2.59. The number of rotatable bonds is 11. The van der Waals surface area contributed by atoms with E-state index in [0.29, 0.717) is 19.1 Å². The predicted molar refractivity (Wildman–Crippen MR) is 116 cm³/mol. The maximum absolute atomic E-state index is 5.71. The molecule has 0 bridgehead atoms. The number of hydrogen-bond acceptors (Lipinski definition) is 4. The van der Waals surface area contributed by atoms with Crippen LogP contribution in [0.4, 0.5) is 0 Å². The molecule has 158 valence electrons. The molecule has 1 saturated heterocycles. The third-order valence-electron chi connectivity index (χ3n) is 5.43. The summed E-state index contributed by atoms with van der Waals surface area (Å²) >= 11 is 0. The van der Waals surface area contributed by atoms with Gasteiger partial charge >= 0.3 is 0 Å². The summed E-state index contributed by atoms with van der Waals surface area (Å²) in [5.74, 6) is 1.54. The van der Waals surface area contributed by atoms with Gasteiger partial charge in [-0.25, -0.2) is 0 Å². The van der Waals surface area contributed by atoms with Gasteiger partial charge in [0.2, 0.25) is 0 Å². The molecule has 0 amide bonds. The fraction of sp³-hybridized carbons (Fsp3) is 0.682. The molecule has 1 atom stereocenters. The number of aliphatic imine (C=N–C) groups is 1. The molecule has 2 rings (SSSR count). The van der Waals surface area contributed by atoms with E-state index in [1.54, 1.807) is 7.11 Å². The lowest BCUT2D eigenvalue weighted by molar-refractivity contribution is 0.0536. The summed E-state index contributed by atoms with van der Waals surface area (Å²) in [5.41, 5.74) is 2.73. The summed E-state index contributed by atoms with van der Waals surface area (Å²) in [6.45, 7) is 12.5. The highest BCUT2D eigenvalue weighted by Crippen LogP contribution is 2.17. The Morgan fingerprint density at radius 3 is 2.64 bits per heavy atom. The third-order valence-corrected chi connectivity index (χ3v) is 5.43. The van der Waals surface area contributed by atoms with Crippen molar-refractivity contribution in [1.29, 1.82) is 0 Å². The molecule has 1 fully saturated rings. The Morgan fingerprint density at radius 1 is 1.21 bits per heavy atom. The molecule has 6 nitrogen and oxygen atoms in total. The number of methoxy groups -OCH3 is 1. The van der Waals surface area contributed by atoms with Crippen molar-refractivity contribution in [2.45, 2.75) is 33.4 Å². The van der Waals surface area contributed by atoms with Crippen molar-refractivity contribution in [1.82, 2.24) is 15.1 Å². The van der Waals surface area contributed by atoms with E-state index in [1.807, 2.05) is 7.05 Å². The zero-order chi connectivity index (χ0) is 20.2. The first-order chi connectivity index (χ1) is 13.7. The van der Waals surface area contributed by atoms with Crippen molar-refractivity contribution in [2.24, 2.45) is 10.9 Å². The first-order valence-electron chi connectivity index (χ1n) is 10.5. The summed E-state index contributed by atoms with van der Waals surface area (Å²) in [4.78, 5) is 9.30. The molecule has 1 aromatic rings. The van der Waals surface area contributed by atoms with E-state index in [2.05, 4.69) is 58.2 Å². The van der Waals surface area contributed by atoms with Crippen molar-refractivity contribution < 1.29 is 9.47 Å². The third kappa shape index (κ3) is 7.08. The van der Waals surface area contributed by atoms with E-state index in [-0.39, 0.29) is 0 Å². The van der Waals surface area contributed by atoms with Crippen LogP contribution in [0.25, 0.3) is 0 Å². The molecule has 0 radical (unpaired) electrons. The number of benzene rings is 1. The maximum atomic E-state index is 5.71. The van der Waals surface area contributed by atoms with E-state index in [0.717, 1.165) is 58.3 Å². The van der Waals surface area contributed by atoms with Crippen LogP contribution in [0.3, 0.4) is 0 Å². The number of guanidine groups is 1. The molecular formula is C22H38N4O2. The molecule has 1 aliphatic rings. The van der Waals surface area contributed by atoms with E-state index < -0.39 is 0 Å². The van der Waals surface area contributed by atoms with Gasteiger partial charge in [-0.3, -0.25) is 9.89 Å². The Bertz CT molecular complexity index is 590. The van der Waals surface area contributed by atoms with Gasteiger partial charge in [0.1, 0.15) is 0 Å². The van der Waals surface area contributed by atoms with E-state index in [1.165, 1.54) is 11.1 Å². The highest BCUT2D eigenvalue weighted by molar-refractivity contribution is 5.80. The summed E-state index contributed by atoms with van der Waals surface area (Å²) in [7, 11) is 3.57. The number of ether oxygens (including phenoxy) is 2. The lowest BCUT2D eigenvalue weighted by Crippen LogP contribution is -2.40. The Hall–Kier alpha value is -1.63. The van der Waals surface area contributed by atoms with Gasteiger partial charge in [0.25, 0.3) is 0 Å². The van der Waals surface area contributed by atoms with Gasteiger partial charge in [-0.2, -0.15) is 0 Å². The van der Waals surface area contributed by atoms with Crippen LogP contribution in [0.2, 0.25) is 0 Å². The molecule has 1 aliphatic heterocycles. The average molecular weight is 391 g/mol. The summed E-state index contributed by atoms with van der Waals surface area (Å²) in [6.07, 6.45) is 1.15. The Kier molecular flexibility index (Phi) is 10.3. The first-order valence-corrected chi connectivity index (χ1v) is 10.5. The highest BCUT2D eigenvalue weighted by Gasteiger charge is 2.25. The van der Waals surface area contributed by atoms with Crippen LogP contribution in [0.5, 0.6) is 0 Å². The van der Waals surface area contributed by atoms with E-state index in [9.17, 15) is 0 Å². The zero-order valence-corrected chi connectivity index (χ0v) is 18.1. The van der Waals surface area contributed by atoms with Gasteiger partial charge in [0, 0.05) is 46.3 Å². The second kappa shape index (κ2) is 12.8. The number of likely N-dealkylation sites (tertiary alicyclic amines) is 1. The largest absolute Gasteiger partial charge is 0.382 e. The number of hydrogen-bond donors (Lipinski definition) is 1. The molecule has 0 saturated carbocycles. The Morgan fingerprint density at radius 2 is 1.96 bits per heavy atom. The van der Waals surface area contributed by atoms with Gasteiger partial charge in [-0.05, 0) is 30.6 Å². The zero-order valence-electron chi connectivity index (χ0n) is 18.1. The molecule has 1 heterocycles. The highest BCUT2D eigenvalue weighted by atomic mass is 16.5. The van der Waals surface area contributed by atoms with Crippen molar-refractivity contribution >= 4 is 5.96 Å². The van der Waals surface area contributed by atoms with Crippen LogP contribution in [0.15, 0.2) is 29.3 Å². The van der Waals surface area contributed by atoms with Gasteiger partial charge < -0.3 is 19.7 Å². The average Bonchev–Trinajstić information content (AvgIpc) is 3.19. The molecule has 0 aliphatic carbocycles. The fourth-order valence-corrected chi connectivity index (χ4v) is 3.63. The van der Waals surface area contributed by atoms with Crippen LogP contribution in [-0.2, 0) is 22.6 Å². The van der Waals surface area contributed by atoms with Crippen LogP contribution >= 0.6 is 0 Å². The lowest BCUT2D eigenvalue weighted by atomic mass is 10.1. The molecular weight excluding hydrogens is 352 g/mol. The second-order valence-corrected chi connectivity index (χ2v) is 7.30. The quantitative estimate of drug-likeness (QED) is 0.358. The molecule has 0 aromatic heterocycles. The molecule has 1 N–H and O–H groups in total. The van der Waals surface area contributed by atoms with Gasteiger partial charge in [0.05, 0.1) is 19.8 Å². The second-order valence-electron chi connectivity index (χ2n) is 7.30. The molecule has 6 heteroatoms. The number of nitrogens with one attached hydrogen (secondary N) is 1. The van der Waals surface area contributed by atoms with Crippen LogP contribution in [0.1, 0.15) is 31.4 Å². The maximum Gasteiger partial charge on any atom is 0.193 e. The summed E-state index contributed by atoms with van der Waals surface area (Å²) in [6, 6.07) is 8.71. The topological polar surface area (TPSA) is 49.3 Å². The number of nitrogens with zero attached hydrogens (tertiary/aromatic N) is 3. The van der Waals surface area contributed by atoms with Crippen molar-refractivity contribution in [2.75, 3.05) is 60.2 Å².